The Hall–Kier alpha value is -2.68. The summed E-state index contributed by atoms with van der Waals surface area (Å²) < 4.78 is 0. The van der Waals surface area contributed by atoms with Crippen LogP contribution in [0.3, 0.4) is 0 Å². The Morgan fingerprint density at radius 3 is 1.64 bits per heavy atom. The normalized spacial score (nSPS) is 19.9. The van der Waals surface area contributed by atoms with Crippen LogP contribution in [0.5, 0.6) is 0 Å². The molecule has 1 fully saturated rings. The molecule has 0 radical (unpaired) electrons. The minimum atomic E-state index is 1.13. The third kappa shape index (κ3) is 3.54. The lowest BCUT2D eigenvalue weighted by atomic mass is 9.96. The highest BCUT2D eigenvalue weighted by molar-refractivity contribution is 6.02. The summed E-state index contributed by atoms with van der Waals surface area (Å²) in [5, 5.41) is 5.58. The van der Waals surface area contributed by atoms with E-state index in [0.717, 1.165) is 13.1 Å². The van der Waals surface area contributed by atoms with E-state index in [0.29, 0.717) is 0 Å². The van der Waals surface area contributed by atoms with Crippen molar-refractivity contribution in [3.05, 3.63) is 96.1 Å². The smallest absolute Gasteiger partial charge is 0.127 e. The van der Waals surface area contributed by atoms with Crippen LogP contribution in [0.4, 0.5) is 0 Å². The molecule has 0 aliphatic carbocycles. The van der Waals surface area contributed by atoms with Gasteiger partial charge in [-0.25, -0.2) is 0 Å². The molecule has 4 aromatic rings. The summed E-state index contributed by atoms with van der Waals surface area (Å²) >= 11 is 0. The van der Waals surface area contributed by atoms with Crippen molar-refractivity contribution in [2.24, 2.45) is 0 Å². The number of hydrogen-bond donors (Lipinski definition) is 2. The van der Waals surface area contributed by atoms with Gasteiger partial charge in [-0.15, -0.1) is 0 Å². The Balaban J connectivity index is 1.36. The fraction of sp³-hybridized carbons (Fsp3) is 0.231. The van der Waals surface area contributed by atoms with Crippen LogP contribution in [0.15, 0.2) is 84.9 Å². The van der Waals surface area contributed by atoms with E-state index in [2.05, 4.69) is 84.9 Å². The summed E-state index contributed by atoms with van der Waals surface area (Å²) in [7, 11) is 0. The zero-order chi connectivity index (χ0) is 18.8. The average Bonchev–Trinajstić information content (AvgIpc) is 2.75. The molecule has 0 unspecified atom stereocenters. The highest BCUT2D eigenvalue weighted by Crippen LogP contribution is 2.27. The van der Waals surface area contributed by atoms with Crippen LogP contribution < -0.4 is 9.80 Å². The maximum Gasteiger partial charge on any atom is 0.127 e. The van der Waals surface area contributed by atoms with Crippen LogP contribution in [-0.4, -0.2) is 26.2 Å². The molecule has 0 bridgehead atoms. The zero-order valence-electron chi connectivity index (χ0n) is 16.3. The molecule has 2 N–H and O–H groups in total. The number of quaternary nitrogens is 2. The molecule has 28 heavy (non-hydrogen) atoms. The first-order valence-electron chi connectivity index (χ1n) is 10.5. The quantitative estimate of drug-likeness (QED) is 0.512. The third-order valence-corrected chi connectivity index (χ3v) is 6.27. The van der Waals surface area contributed by atoms with Gasteiger partial charge in [0.15, 0.2) is 0 Å². The minimum absolute atomic E-state index is 1.13. The Bertz CT molecular complexity index is 1030. The van der Waals surface area contributed by atoms with Crippen LogP contribution in [0.25, 0.3) is 21.5 Å². The average molecular weight is 369 g/mol. The number of hydrogen-bond acceptors (Lipinski definition) is 0. The van der Waals surface area contributed by atoms with Crippen LogP contribution in [0.1, 0.15) is 11.1 Å². The molecule has 2 heteroatoms. The van der Waals surface area contributed by atoms with E-state index >= 15 is 0 Å². The molecule has 0 amide bonds. The van der Waals surface area contributed by atoms with Gasteiger partial charge in [0.2, 0.25) is 0 Å². The first-order valence-corrected chi connectivity index (χ1v) is 10.5. The van der Waals surface area contributed by atoms with Crippen LogP contribution in [-0.2, 0) is 13.1 Å². The van der Waals surface area contributed by atoms with E-state index in [1.165, 1.54) is 58.9 Å². The number of piperazine rings is 1. The molecular formula is C26H28N2+2. The SMILES string of the molecule is c1ccc(C[NH+]2CC[NH+](Cc3c4ccccc4cc4ccccc34)CC2)cc1. The van der Waals surface area contributed by atoms with Gasteiger partial charge in [0, 0.05) is 11.1 Å². The summed E-state index contributed by atoms with van der Waals surface area (Å²) in [6.07, 6.45) is 0. The molecule has 1 aliphatic rings. The number of benzene rings is 4. The fourth-order valence-electron chi connectivity index (χ4n) is 4.74. The second-order valence-electron chi connectivity index (χ2n) is 8.14. The molecule has 140 valence electrons. The highest BCUT2D eigenvalue weighted by Gasteiger charge is 2.24. The topological polar surface area (TPSA) is 8.88 Å². The lowest BCUT2D eigenvalue weighted by Gasteiger charge is -2.30. The van der Waals surface area contributed by atoms with Crippen LogP contribution in [0.2, 0.25) is 0 Å². The first kappa shape index (κ1) is 17.4. The first-order chi connectivity index (χ1) is 13.9. The van der Waals surface area contributed by atoms with Gasteiger partial charge in [-0.3, -0.25) is 0 Å². The summed E-state index contributed by atoms with van der Waals surface area (Å²) in [6.45, 7) is 7.30. The van der Waals surface area contributed by atoms with Crippen molar-refractivity contribution in [3.63, 3.8) is 0 Å². The van der Waals surface area contributed by atoms with Crippen molar-refractivity contribution in [2.75, 3.05) is 26.2 Å². The van der Waals surface area contributed by atoms with Crippen LogP contribution >= 0.6 is 0 Å². The van der Waals surface area contributed by atoms with Gasteiger partial charge in [-0.05, 0) is 27.6 Å². The molecule has 0 spiro atoms. The molecule has 0 atom stereocenters. The Morgan fingerprint density at radius 1 is 0.536 bits per heavy atom. The zero-order valence-corrected chi connectivity index (χ0v) is 16.3. The predicted octanol–water partition coefficient (Wildman–Crippen LogP) is 2.48. The second kappa shape index (κ2) is 7.75. The van der Waals surface area contributed by atoms with Crippen molar-refractivity contribution >= 4 is 21.5 Å². The Morgan fingerprint density at radius 2 is 1.04 bits per heavy atom. The van der Waals surface area contributed by atoms with Gasteiger partial charge in [0.1, 0.15) is 39.3 Å². The molecule has 0 saturated carbocycles. The number of rotatable bonds is 4. The maximum atomic E-state index is 2.34. The Labute approximate surface area is 167 Å². The van der Waals surface area contributed by atoms with Crippen LogP contribution in [0, 0.1) is 0 Å². The largest absolute Gasteiger partial charge is 0.322 e. The van der Waals surface area contributed by atoms with E-state index in [1.807, 2.05) is 0 Å². The second-order valence-corrected chi connectivity index (χ2v) is 8.14. The molecule has 1 saturated heterocycles. The highest BCUT2D eigenvalue weighted by atomic mass is 15.3. The number of fused-ring (bicyclic) bond motifs is 2. The predicted molar refractivity (Wildman–Crippen MR) is 117 cm³/mol. The summed E-state index contributed by atoms with van der Waals surface area (Å²) in [5.74, 6) is 0. The molecular weight excluding hydrogens is 340 g/mol. The Kier molecular flexibility index (Phi) is 4.82. The van der Waals surface area contributed by atoms with Gasteiger partial charge in [0.25, 0.3) is 0 Å². The van der Waals surface area contributed by atoms with Gasteiger partial charge in [0.05, 0.1) is 0 Å². The van der Waals surface area contributed by atoms with Crippen molar-refractivity contribution in [1.82, 2.24) is 0 Å². The molecule has 0 aromatic heterocycles. The minimum Gasteiger partial charge on any atom is -0.322 e. The lowest BCUT2D eigenvalue weighted by molar-refractivity contribution is -1.02. The van der Waals surface area contributed by atoms with Crippen molar-refractivity contribution < 1.29 is 9.80 Å². The number of nitrogens with one attached hydrogen (secondary N) is 2. The molecule has 5 rings (SSSR count). The van der Waals surface area contributed by atoms with Gasteiger partial charge < -0.3 is 9.80 Å². The van der Waals surface area contributed by atoms with Crippen molar-refractivity contribution in [3.8, 4) is 0 Å². The van der Waals surface area contributed by atoms with E-state index in [4.69, 9.17) is 0 Å². The van der Waals surface area contributed by atoms with E-state index in [1.54, 1.807) is 9.80 Å². The monoisotopic (exact) mass is 368 g/mol. The molecule has 1 heterocycles. The van der Waals surface area contributed by atoms with Gasteiger partial charge in [-0.2, -0.15) is 0 Å². The maximum absolute atomic E-state index is 2.34. The molecule has 4 aromatic carbocycles. The summed E-state index contributed by atoms with van der Waals surface area (Å²) in [5.41, 5.74) is 2.98. The van der Waals surface area contributed by atoms with Crippen molar-refractivity contribution in [1.29, 1.82) is 0 Å². The van der Waals surface area contributed by atoms with Gasteiger partial charge in [-0.1, -0.05) is 78.9 Å². The molecule has 2 nitrogen and oxygen atoms in total. The standard InChI is InChI=1S/C26H26N2/c1-2-8-21(9-3-1)19-27-14-16-28(17-15-27)20-26-24-12-6-4-10-22(24)18-23-11-5-7-13-25(23)26/h1-13,18H,14-17,19-20H2/p+2. The van der Waals surface area contributed by atoms with Crippen molar-refractivity contribution in [2.45, 2.75) is 13.1 Å². The third-order valence-electron chi connectivity index (χ3n) is 6.27. The van der Waals surface area contributed by atoms with E-state index in [-0.39, 0.29) is 0 Å². The van der Waals surface area contributed by atoms with E-state index < -0.39 is 0 Å². The fourth-order valence-corrected chi connectivity index (χ4v) is 4.74. The summed E-state index contributed by atoms with van der Waals surface area (Å²) in [6, 6.07) is 31.0. The van der Waals surface area contributed by atoms with Gasteiger partial charge >= 0.3 is 0 Å². The summed E-state index contributed by atoms with van der Waals surface area (Å²) in [4.78, 5) is 3.44. The molecule has 1 aliphatic heterocycles. The van der Waals surface area contributed by atoms with E-state index in [9.17, 15) is 0 Å². The lowest BCUT2D eigenvalue weighted by Crippen LogP contribution is -3.27.